The van der Waals surface area contributed by atoms with Crippen LogP contribution in [0.15, 0.2) is 23.1 Å². The summed E-state index contributed by atoms with van der Waals surface area (Å²) in [6, 6.07) is 0. The van der Waals surface area contributed by atoms with E-state index < -0.39 is 11.9 Å². The number of ether oxygens (including phenoxy) is 1. The number of morpholine rings is 1. The number of hydrogen-bond donors (Lipinski definition) is 3. The van der Waals surface area contributed by atoms with Crippen LogP contribution in [0.5, 0.6) is 0 Å². The van der Waals surface area contributed by atoms with E-state index in [1.807, 2.05) is 6.20 Å². The topological polar surface area (TPSA) is 133 Å². The molecular weight excluding hydrogens is 366 g/mol. The lowest BCUT2D eigenvalue weighted by atomic mass is 9.85. The minimum absolute atomic E-state index is 0.0650. The number of aromatic amines is 1. The van der Waals surface area contributed by atoms with Gasteiger partial charge in [0.15, 0.2) is 0 Å². The lowest BCUT2D eigenvalue weighted by Gasteiger charge is -2.26. The summed E-state index contributed by atoms with van der Waals surface area (Å²) in [4.78, 5) is 41.1. The summed E-state index contributed by atoms with van der Waals surface area (Å²) in [7, 11) is 0. The van der Waals surface area contributed by atoms with Gasteiger partial charge in [0.1, 0.15) is 5.82 Å². The number of rotatable bonds is 5. The number of hydrogen-bond acceptors (Lipinski definition) is 6. The van der Waals surface area contributed by atoms with Crippen molar-refractivity contribution in [3.05, 3.63) is 40.1 Å². The third kappa shape index (κ3) is 7.61. The standard InChI is InChI=1S/C15H23N3O2.C4H4O4/c19-15-13(12-4-2-1-3-5-12)10-16-14(17-15)11-18-6-8-20-9-7-18;5-3(6)1-2-4(7)8/h10,12H,1-9,11H2,(H,16,17,19);1-2H,(H,5,6)(H,7,8)/b;2-1-. The molecule has 154 valence electrons. The van der Waals surface area contributed by atoms with E-state index in [4.69, 9.17) is 14.9 Å². The molecule has 3 rings (SSSR count). The average Bonchev–Trinajstić information content (AvgIpc) is 2.68. The van der Waals surface area contributed by atoms with Crippen LogP contribution in [-0.2, 0) is 20.9 Å². The van der Waals surface area contributed by atoms with Crippen molar-refractivity contribution >= 4 is 11.9 Å². The first-order chi connectivity index (χ1) is 13.5. The average molecular weight is 393 g/mol. The van der Waals surface area contributed by atoms with Crippen LogP contribution in [-0.4, -0.2) is 63.3 Å². The highest BCUT2D eigenvalue weighted by Crippen LogP contribution is 2.30. The van der Waals surface area contributed by atoms with Gasteiger partial charge in [-0.1, -0.05) is 19.3 Å². The quantitative estimate of drug-likeness (QED) is 0.639. The molecule has 3 N–H and O–H groups in total. The lowest BCUT2D eigenvalue weighted by Crippen LogP contribution is -2.36. The number of carbonyl (C=O) groups is 2. The van der Waals surface area contributed by atoms with Gasteiger partial charge >= 0.3 is 11.9 Å². The smallest absolute Gasteiger partial charge is 0.328 e. The maximum absolute atomic E-state index is 12.2. The van der Waals surface area contributed by atoms with Gasteiger partial charge in [0.2, 0.25) is 0 Å². The molecule has 9 nitrogen and oxygen atoms in total. The van der Waals surface area contributed by atoms with Gasteiger partial charge in [0.05, 0.1) is 19.8 Å². The molecule has 1 aromatic heterocycles. The summed E-state index contributed by atoms with van der Waals surface area (Å²) in [6.45, 7) is 4.07. The molecule has 2 heterocycles. The zero-order chi connectivity index (χ0) is 20.4. The van der Waals surface area contributed by atoms with Gasteiger partial charge in [-0.25, -0.2) is 14.6 Å². The van der Waals surface area contributed by atoms with Crippen LogP contribution < -0.4 is 5.56 Å². The molecule has 0 spiro atoms. The largest absolute Gasteiger partial charge is 0.478 e. The highest BCUT2D eigenvalue weighted by Gasteiger charge is 2.19. The Bertz CT molecular complexity index is 717. The molecule has 1 saturated heterocycles. The molecule has 1 aromatic rings. The van der Waals surface area contributed by atoms with Crippen LogP contribution in [0, 0.1) is 0 Å². The summed E-state index contributed by atoms with van der Waals surface area (Å²) in [6.07, 6.45) is 8.96. The number of nitrogens with one attached hydrogen (secondary N) is 1. The number of H-pyrrole nitrogens is 1. The maximum atomic E-state index is 12.2. The summed E-state index contributed by atoms with van der Waals surface area (Å²) in [5.41, 5.74) is 0.950. The van der Waals surface area contributed by atoms with Gasteiger partial charge in [-0.15, -0.1) is 0 Å². The van der Waals surface area contributed by atoms with Crippen molar-refractivity contribution in [1.82, 2.24) is 14.9 Å². The van der Waals surface area contributed by atoms with Crippen LogP contribution in [0.3, 0.4) is 0 Å². The second-order valence-electron chi connectivity index (χ2n) is 6.85. The van der Waals surface area contributed by atoms with Crippen molar-refractivity contribution in [3.8, 4) is 0 Å². The van der Waals surface area contributed by atoms with Gasteiger partial charge in [-0.2, -0.15) is 0 Å². The van der Waals surface area contributed by atoms with Crippen molar-refractivity contribution in [2.24, 2.45) is 0 Å². The zero-order valence-corrected chi connectivity index (χ0v) is 15.8. The number of nitrogens with zero attached hydrogens (tertiary/aromatic N) is 2. The zero-order valence-electron chi connectivity index (χ0n) is 15.8. The Morgan fingerprint density at radius 2 is 1.75 bits per heavy atom. The Kier molecular flexibility index (Phi) is 8.83. The van der Waals surface area contributed by atoms with Gasteiger partial charge in [-0.05, 0) is 18.8 Å². The number of carboxylic acid groups (broad SMARTS) is 2. The van der Waals surface area contributed by atoms with Crippen LogP contribution >= 0.6 is 0 Å². The third-order valence-corrected chi connectivity index (χ3v) is 4.77. The molecule has 2 aliphatic rings. The van der Waals surface area contributed by atoms with E-state index in [9.17, 15) is 14.4 Å². The molecule has 0 radical (unpaired) electrons. The van der Waals surface area contributed by atoms with Gasteiger partial charge in [0, 0.05) is 37.0 Å². The first-order valence-electron chi connectivity index (χ1n) is 9.48. The first-order valence-corrected chi connectivity index (χ1v) is 9.48. The van der Waals surface area contributed by atoms with Crippen LogP contribution in [0.25, 0.3) is 0 Å². The Hall–Kier alpha value is -2.52. The van der Waals surface area contributed by atoms with E-state index in [0.717, 1.165) is 50.5 Å². The van der Waals surface area contributed by atoms with Gasteiger partial charge in [-0.3, -0.25) is 9.69 Å². The molecule has 9 heteroatoms. The Morgan fingerprint density at radius 3 is 2.29 bits per heavy atom. The van der Waals surface area contributed by atoms with Crippen LogP contribution in [0.2, 0.25) is 0 Å². The maximum Gasteiger partial charge on any atom is 0.328 e. The predicted molar refractivity (Wildman–Crippen MR) is 101 cm³/mol. The predicted octanol–water partition coefficient (Wildman–Crippen LogP) is 1.36. The highest BCUT2D eigenvalue weighted by atomic mass is 16.5. The molecule has 0 aromatic carbocycles. The van der Waals surface area contributed by atoms with E-state index >= 15 is 0 Å². The molecular formula is C19H27N3O6. The fourth-order valence-corrected chi connectivity index (χ4v) is 3.34. The van der Waals surface area contributed by atoms with E-state index in [2.05, 4.69) is 14.9 Å². The first kappa shape index (κ1) is 21.8. The van der Waals surface area contributed by atoms with Crippen molar-refractivity contribution in [2.75, 3.05) is 26.3 Å². The summed E-state index contributed by atoms with van der Waals surface area (Å²) in [5, 5.41) is 15.6. The second kappa shape index (κ2) is 11.4. The van der Waals surface area contributed by atoms with E-state index in [1.165, 1.54) is 19.3 Å². The summed E-state index contributed by atoms with van der Waals surface area (Å²) < 4.78 is 5.33. The van der Waals surface area contributed by atoms with Gasteiger partial charge < -0.3 is 19.9 Å². The van der Waals surface area contributed by atoms with Crippen LogP contribution in [0.1, 0.15) is 49.4 Å². The van der Waals surface area contributed by atoms with E-state index in [1.54, 1.807) is 0 Å². The van der Waals surface area contributed by atoms with Crippen molar-refractivity contribution < 1.29 is 24.5 Å². The Balaban J connectivity index is 0.000000300. The summed E-state index contributed by atoms with van der Waals surface area (Å²) >= 11 is 0. The monoisotopic (exact) mass is 393 g/mol. The molecule has 0 bridgehead atoms. The third-order valence-electron chi connectivity index (χ3n) is 4.77. The molecule has 1 aliphatic heterocycles. The van der Waals surface area contributed by atoms with Gasteiger partial charge in [0.25, 0.3) is 5.56 Å². The van der Waals surface area contributed by atoms with Crippen molar-refractivity contribution in [3.63, 3.8) is 0 Å². The van der Waals surface area contributed by atoms with E-state index in [0.29, 0.717) is 24.6 Å². The normalized spacial score (nSPS) is 18.4. The Morgan fingerprint density at radius 1 is 1.14 bits per heavy atom. The molecule has 28 heavy (non-hydrogen) atoms. The molecule has 0 unspecified atom stereocenters. The number of aliphatic carboxylic acids is 2. The minimum Gasteiger partial charge on any atom is -0.478 e. The molecule has 1 aliphatic carbocycles. The molecule has 2 fully saturated rings. The van der Waals surface area contributed by atoms with Crippen LogP contribution in [0.4, 0.5) is 0 Å². The summed E-state index contributed by atoms with van der Waals surface area (Å²) in [5.74, 6) is -1.33. The SMILES string of the molecule is O=C(O)/C=C\C(=O)O.O=c1[nH]c(CN2CCOCC2)ncc1C1CCCCC1. The fraction of sp³-hybridized carbons (Fsp3) is 0.579. The number of aromatic nitrogens is 2. The second-order valence-corrected chi connectivity index (χ2v) is 6.85. The van der Waals surface area contributed by atoms with Crippen molar-refractivity contribution in [1.29, 1.82) is 0 Å². The minimum atomic E-state index is -1.26. The molecule has 1 saturated carbocycles. The lowest BCUT2D eigenvalue weighted by molar-refractivity contribution is -0.134. The van der Waals surface area contributed by atoms with Crippen molar-refractivity contribution in [2.45, 2.75) is 44.6 Å². The highest BCUT2D eigenvalue weighted by molar-refractivity contribution is 5.89. The molecule has 0 atom stereocenters. The molecule has 0 amide bonds. The number of carboxylic acids is 2. The van der Waals surface area contributed by atoms with E-state index in [-0.39, 0.29) is 5.56 Å². The Labute approximate surface area is 163 Å². The fourth-order valence-electron chi connectivity index (χ4n) is 3.34.